The van der Waals surface area contributed by atoms with E-state index in [0.717, 1.165) is 30.4 Å². The Morgan fingerprint density at radius 1 is 1.33 bits per heavy atom. The number of fused-ring (bicyclic) bond motifs is 2. The largest absolute Gasteiger partial charge is 0.373 e. The number of urea groups is 1. The van der Waals surface area contributed by atoms with Crippen LogP contribution in [-0.4, -0.2) is 39.0 Å². The molecule has 1 aromatic carbocycles. The Morgan fingerprint density at radius 2 is 2.25 bits per heavy atom. The summed E-state index contributed by atoms with van der Waals surface area (Å²) in [6.07, 6.45) is 6.87. The smallest absolute Gasteiger partial charge is 0.315 e. The van der Waals surface area contributed by atoms with E-state index < -0.39 is 0 Å². The minimum atomic E-state index is -0.127. The lowest BCUT2D eigenvalue weighted by Gasteiger charge is -2.20. The van der Waals surface area contributed by atoms with E-state index in [1.807, 2.05) is 18.2 Å². The monoisotopic (exact) mass is 327 g/mol. The van der Waals surface area contributed by atoms with Gasteiger partial charge in [0.1, 0.15) is 12.7 Å². The fourth-order valence-corrected chi connectivity index (χ4v) is 3.53. The quantitative estimate of drug-likeness (QED) is 0.871. The van der Waals surface area contributed by atoms with Gasteiger partial charge in [-0.1, -0.05) is 24.3 Å². The highest BCUT2D eigenvalue weighted by Crippen LogP contribution is 2.34. The molecule has 2 bridgehead atoms. The van der Waals surface area contributed by atoms with Crippen LogP contribution in [0.4, 0.5) is 4.79 Å². The van der Waals surface area contributed by atoms with Crippen LogP contribution in [0.2, 0.25) is 0 Å². The van der Waals surface area contributed by atoms with E-state index in [2.05, 4.69) is 26.8 Å². The first-order chi connectivity index (χ1) is 11.8. The van der Waals surface area contributed by atoms with Gasteiger partial charge in [-0.2, -0.15) is 5.10 Å². The van der Waals surface area contributed by atoms with E-state index in [0.29, 0.717) is 19.2 Å². The average Bonchev–Trinajstić information content (AvgIpc) is 3.31. The molecule has 24 heavy (non-hydrogen) atoms. The Labute approximate surface area is 140 Å². The number of nitrogens with zero attached hydrogens (tertiary/aromatic N) is 3. The molecule has 3 heterocycles. The summed E-state index contributed by atoms with van der Waals surface area (Å²) in [6, 6.07) is 8.14. The average molecular weight is 327 g/mol. The van der Waals surface area contributed by atoms with Gasteiger partial charge >= 0.3 is 6.03 Å². The van der Waals surface area contributed by atoms with Crippen LogP contribution in [-0.2, 0) is 17.8 Å². The van der Waals surface area contributed by atoms with Crippen LogP contribution >= 0.6 is 0 Å². The molecule has 0 aliphatic carbocycles. The van der Waals surface area contributed by atoms with Crippen LogP contribution in [0.5, 0.6) is 0 Å². The summed E-state index contributed by atoms with van der Waals surface area (Å²) in [6.45, 7) is 1.17. The van der Waals surface area contributed by atoms with Crippen molar-refractivity contribution >= 4 is 6.03 Å². The van der Waals surface area contributed by atoms with Crippen LogP contribution in [0.3, 0.4) is 0 Å². The normalized spacial score (nSPS) is 24.9. The first-order valence-corrected chi connectivity index (χ1v) is 8.36. The van der Waals surface area contributed by atoms with Gasteiger partial charge in [0.15, 0.2) is 0 Å². The molecular weight excluding hydrogens is 306 g/mol. The summed E-state index contributed by atoms with van der Waals surface area (Å²) >= 11 is 0. The molecule has 126 valence electrons. The van der Waals surface area contributed by atoms with Crippen molar-refractivity contribution in [2.45, 2.75) is 50.6 Å². The van der Waals surface area contributed by atoms with Gasteiger partial charge in [-0.3, -0.25) is 0 Å². The fraction of sp³-hybridized carbons (Fsp3) is 0.471. The molecule has 4 rings (SSSR count). The maximum Gasteiger partial charge on any atom is 0.315 e. The highest BCUT2D eigenvalue weighted by atomic mass is 16.5. The van der Waals surface area contributed by atoms with Gasteiger partial charge in [-0.15, -0.1) is 0 Å². The van der Waals surface area contributed by atoms with Gasteiger partial charge in [0, 0.05) is 6.54 Å². The molecule has 2 fully saturated rings. The van der Waals surface area contributed by atoms with E-state index in [1.165, 1.54) is 6.33 Å². The fourth-order valence-electron chi connectivity index (χ4n) is 3.53. The van der Waals surface area contributed by atoms with E-state index in [9.17, 15) is 4.79 Å². The number of rotatable bonds is 5. The lowest BCUT2D eigenvalue weighted by molar-refractivity contribution is 0.0981. The van der Waals surface area contributed by atoms with Crippen LogP contribution in [0, 0.1) is 0 Å². The third-order valence-electron chi connectivity index (χ3n) is 4.68. The van der Waals surface area contributed by atoms with Crippen molar-refractivity contribution in [3.05, 3.63) is 48.0 Å². The second-order valence-corrected chi connectivity index (χ2v) is 6.46. The predicted octanol–water partition coefficient (Wildman–Crippen LogP) is 1.45. The number of hydrogen-bond donors (Lipinski definition) is 2. The zero-order valence-corrected chi connectivity index (χ0v) is 13.4. The van der Waals surface area contributed by atoms with Gasteiger partial charge in [0.2, 0.25) is 0 Å². The van der Waals surface area contributed by atoms with Crippen molar-refractivity contribution in [3.63, 3.8) is 0 Å². The summed E-state index contributed by atoms with van der Waals surface area (Å²) in [4.78, 5) is 16.0. The Hall–Kier alpha value is -2.41. The molecule has 0 saturated carbocycles. The Balaban J connectivity index is 1.28. The number of aromatic nitrogens is 3. The first kappa shape index (κ1) is 15.1. The van der Waals surface area contributed by atoms with E-state index in [1.54, 1.807) is 11.0 Å². The molecular formula is C17H21N5O2. The predicted molar refractivity (Wildman–Crippen MR) is 87.2 cm³/mol. The molecule has 2 saturated heterocycles. The van der Waals surface area contributed by atoms with Gasteiger partial charge in [-0.25, -0.2) is 14.5 Å². The number of amides is 2. The number of hydrogen-bond acceptors (Lipinski definition) is 4. The molecule has 2 aliphatic rings. The summed E-state index contributed by atoms with van der Waals surface area (Å²) in [7, 11) is 0. The molecule has 0 spiro atoms. The molecule has 7 nitrogen and oxygen atoms in total. The van der Waals surface area contributed by atoms with E-state index in [-0.39, 0.29) is 18.2 Å². The summed E-state index contributed by atoms with van der Waals surface area (Å²) in [5.41, 5.74) is 2.19. The number of ether oxygens (including phenoxy) is 1. The second-order valence-electron chi connectivity index (χ2n) is 6.46. The molecule has 3 atom stereocenters. The molecule has 2 amide bonds. The van der Waals surface area contributed by atoms with Crippen molar-refractivity contribution in [1.29, 1.82) is 0 Å². The minimum Gasteiger partial charge on any atom is -0.373 e. The van der Waals surface area contributed by atoms with Crippen LogP contribution in [0.15, 0.2) is 36.9 Å². The lowest BCUT2D eigenvalue weighted by Crippen LogP contribution is -2.46. The SMILES string of the molecule is O=C(NCc1cccc(Cn2cncn2)c1)N[C@@H]1C[C@H]2CC[C@H]1O2. The highest BCUT2D eigenvalue weighted by molar-refractivity contribution is 5.74. The Kier molecular flexibility index (Phi) is 4.17. The van der Waals surface area contributed by atoms with Crippen LogP contribution in [0.25, 0.3) is 0 Å². The third kappa shape index (κ3) is 3.41. The van der Waals surface area contributed by atoms with Gasteiger partial charge < -0.3 is 15.4 Å². The number of carbonyl (C=O) groups excluding carboxylic acids is 1. The highest BCUT2D eigenvalue weighted by Gasteiger charge is 2.41. The minimum absolute atomic E-state index is 0.127. The molecule has 2 N–H and O–H groups in total. The summed E-state index contributed by atoms with van der Waals surface area (Å²) < 4.78 is 7.53. The van der Waals surface area contributed by atoms with Gasteiger partial charge in [0.25, 0.3) is 0 Å². The zero-order chi connectivity index (χ0) is 16.4. The molecule has 2 aromatic rings. The molecule has 0 unspecified atom stereocenters. The van der Waals surface area contributed by atoms with Crippen LogP contribution < -0.4 is 10.6 Å². The molecule has 0 radical (unpaired) electrons. The van der Waals surface area contributed by atoms with Crippen molar-refractivity contribution in [2.24, 2.45) is 0 Å². The number of carbonyl (C=O) groups is 1. The van der Waals surface area contributed by atoms with Crippen molar-refractivity contribution in [2.75, 3.05) is 0 Å². The standard InChI is InChI=1S/C17H21N5O2/c23-17(21-15-7-14-4-5-16(15)24-14)19-8-12-2-1-3-13(6-12)9-22-11-18-10-20-22/h1-3,6,10-11,14-16H,4-5,7-9H2,(H2,19,21,23)/t14-,15-,16-/m1/s1. The van der Waals surface area contributed by atoms with Crippen molar-refractivity contribution in [1.82, 2.24) is 25.4 Å². The van der Waals surface area contributed by atoms with Gasteiger partial charge in [-0.05, 0) is 30.4 Å². The van der Waals surface area contributed by atoms with Crippen molar-refractivity contribution < 1.29 is 9.53 Å². The summed E-state index contributed by atoms with van der Waals surface area (Å²) in [5, 5.41) is 10.1. The maximum absolute atomic E-state index is 12.1. The number of nitrogens with one attached hydrogen (secondary N) is 2. The maximum atomic E-state index is 12.1. The molecule has 1 aromatic heterocycles. The van der Waals surface area contributed by atoms with Crippen LogP contribution in [0.1, 0.15) is 30.4 Å². The van der Waals surface area contributed by atoms with Gasteiger partial charge in [0.05, 0.1) is 24.8 Å². The summed E-state index contributed by atoms with van der Waals surface area (Å²) in [5.74, 6) is 0. The molecule has 7 heteroatoms. The topological polar surface area (TPSA) is 81.1 Å². The van der Waals surface area contributed by atoms with Crippen molar-refractivity contribution in [3.8, 4) is 0 Å². The van der Waals surface area contributed by atoms with E-state index >= 15 is 0 Å². The number of benzene rings is 1. The zero-order valence-electron chi connectivity index (χ0n) is 13.4. The lowest BCUT2D eigenvalue weighted by atomic mass is 9.96. The Bertz CT molecular complexity index is 703. The second kappa shape index (κ2) is 6.60. The first-order valence-electron chi connectivity index (χ1n) is 8.36. The Morgan fingerprint density at radius 3 is 3.00 bits per heavy atom. The van der Waals surface area contributed by atoms with E-state index in [4.69, 9.17) is 4.74 Å². The third-order valence-corrected chi connectivity index (χ3v) is 4.68. The molecule has 2 aliphatic heterocycles.